The third-order valence-electron chi connectivity index (χ3n) is 4.38. The fraction of sp³-hybridized carbons (Fsp3) is 0.444. The van der Waals surface area contributed by atoms with Crippen molar-refractivity contribution in [3.05, 3.63) is 53.2 Å². The molecule has 1 aromatic heterocycles. The molecule has 0 radical (unpaired) electrons. The van der Waals surface area contributed by atoms with Gasteiger partial charge in [-0.3, -0.25) is 4.90 Å². The third-order valence-corrected chi connectivity index (χ3v) is 4.38. The van der Waals surface area contributed by atoms with Crippen LogP contribution in [0.2, 0.25) is 0 Å². The first-order valence-corrected chi connectivity index (χ1v) is 8.37. The third kappa shape index (κ3) is 3.88. The molecule has 2 aromatic rings. The standard InChI is InChI=1S/C18H23FN4O/c1-2-16-17(19)18(22-12-21-16)20-9-15(24)11-23-8-7-13-5-3-4-6-14(13)10-23/h3-6,12,15,24H,2,7-11H2,1H3,(H,20,21,22). The molecule has 0 spiro atoms. The highest BCUT2D eigenvalue weighted by atomic mass is 19.1. The number of rotatable bonds is 6. The van der Waals surface area contributed by atoms with Crippen LogP contribution in [-0.2, 0) is 19.4 Å². The lowest BCUT2D eigenvalue weighted by Crippen LogP contribution is -2.39. The predicted octanol–water partition coefficient (Wildman–Crippen LogP) is 2.01. The molecular formula is C18H23FN4O. The Hall–Kier alpha value is -2.05. The van der Waals surface area contributed by atoms with Gasteiger partial charge in [0.25, 0.3) is 0 Å². The van der Waals surface area contributed by atoms with E-state index in [0.717, 1.165) is 19.5 Å². The van der Waals surface area contributed by atoms with Gasteiger partial charge in [0.1, 0.15) is 6.33 Å². The van der Waals surface area contributed by atoms with Gasteiger partial charge in [-0.05, 0) is 24.0 Å². The molecule has 0 saturated heterocycles. The van der Waals surface area contributed by atoms with E-state index in [4.69, 9.17) is 0 Å². The van der Waals surface area contributed by atoms with E-state index in [1.54, 1.807) is 0 Å². The summed E-state index contributed by atoms with van der Waals surface area (Å²) in [6, 6.07) is 8.40. The summed E-state index contributed by atoms with van der Waals surface area (Å²) < 4.78 is 14.1. The monoisotopic (exact) mass is 330 g/mol. The van der Waals surface area contributed by atoms with Crippen molar-refractivity contribution in [2.75, 3.05) is 25.0 Å². The molecule has 1 atom stereocenters. The van der Waals surface area contributed by atoms with Crippen LogP contribution in [0.15, 0.2) is 30.6 Å². The molecule has 24 heavy (non-hydrogen) atoms. The summed E-state index contributed by atoms with van der Waals surface area (Å²) in [6.45, 7) is 4.42. The molecule has 0 amide bonds. The molecule has 0 bridgehead atoms. The van der Waals surface area contributed by atoms with Crippen molar-refractivity contribution in [3.8, 4) is 0 Å². The maximum absolute atomic E-state index is 14.1. The van der Waals surface area contributed by atoms with Gasteiger partial charge >= 0.3 is 0 Å². The number of anilines is 1. The lowest BCUT2D eigenvalue weighted by molar-refractivity contribution is 0.114. The first kappa shape index (κ1) is 16.8. The highest BCUT2D eigenvalue weighted by molar-refractivity contribution is 5.37. The number of aliphatic hydroxyl groups is 1. The molecule has 0 aliphatic carbocycles. The van der Waals surface area contributed by atoms with Crippen molar-refractivity contribution in [2.45, 2.75) is 32.4 Å². The SMILES string of the molecule is CCc1ncnc(NCC(O)CN2CCc3ccccc3C2)c1F. The first-order valence-electron chi connectivity index (χ1n) is 8.37. The molecule has 1 unspecified atom stereocenters. The molecule has 1 aliphatic heterocycles. The number of β-amino-alcohol motifs (C(OH)–C–C–N with tert-alkyl or cyclic N) is 1. The minimum absolute atomic E-state index is 0.157. The van der Waals surface area contributed by atoms with Gasteiger partial charge < -0.3 is 10.4 Å². The van der Waals surface area contributed by atoms with Gasteiger partial charge in [-0.25, -0.2) is 14.4 Å². The average Bonchev–Trinajstić information content (AvgIpc) is 2.61. The Kier molecular flexibility index (Phi) is 5.37. The summed E-state index contributed by atoms with van der Waals surface area (Å²) >= 11 is 0. The van der Waals surface area contributed by atoms with Crippen LogP contribution in [-0.4, -0.2) is 45.7 Å². The van der Waals surface area contributed by atoms with Crippen LogP contribution in [0.1, 0.15) is 23.7 Å². The quantitative estimate of drug-likeness (QED) is 0.848. The molecule has 5 nitrogen and oxygen atoms in total. The van der Waals surface area contributed by atoms with Crippen LogP contribution in [0.5, 0.6) is 0 Å². The summed E-state index contributed by atoms with van der Waals surface area (Å²) in [7, 11) is 0. The minimum Gasteiger partial charge on any atom is -0.390 e. The number of nitrogens with one attached hydrogen (secondary N) is 1. The maximum atomic E-state index is 14.1. The van der Waals surface area contributed by atoms with Gasteiger partial charge in [0.2, 0.25) is 0 Å². The topological polar surface area (TPSA) is 61.3 Å². The molecule has 6 heteroatoms. The van der Waals surface area contributed by atoms with Crippen molar-refractivity contribution in [3.63, 3.8) is 0 Å². The lowest BCUT2D eigenvalue weighted by Gasteiger charge is -2.30. The van der Waals surface area contributed by atoms with E-state index in [1.807, 2.05) is 13.0 Å². The van der Waals surface area contributed by atoms with E-state index in [0.29, 0.717) is 18.7 Å². The molecule has 1 aliphatic rings. The van der Waals surface area contributed by atoms with Crippen LogP contribution >= 0.6 is 0 Å². The smallest absolute Gasteiger partial charge is 0.186 e. The molecule has 128 valence electrons. The molecule has 1 aromatic carbocycles. The van der Waals surface area contributed by atoms with E-state index in [-0.39, 0.29) is 12.4 Å². The summed E-state index contributed by atoms with van der Waals surface area (Å²) in [5.41, 5.74) is 3.09. The number of halogens is 1. The van der Waals surface area contributed by atoms with Gasteiger partial charge in [-0.15, -0.1) is 0 Å². The fourth-order valence-electron chi connectivity index (χ4n) is 3.06. The zero-order valence-electron chi connectivity index (χ0n) is 13.9. The van der Waals surface area contributed by atoms with Crippen LogP contribution in [0, 0.1) is 5.82 Å². The Morgan fingerprint density at radius 1 is 1.29 bits per heavy atom. The second-order valence-electron chi connectivity index (χ2n) is 6.13. The molecule has 3 rings (SSSR count). The van der Waals surface area contributed by atoms with Crippen molar-refractivity contribution >= 4 is 5.82 Å². The lowest BCUT2D eigenvalue weighted by atomic mass is 10.00. The second-order valence-corrected chi connectivity index (χ2v) is 6.13. The van der Waals surface area contributed by atoms with Gasteiger partial charge in [0, 0.05) is 26.2 Å². The minimum atomic E-state index is -0.588. The van der Waals surface area contributed by atoms with Crippen LogP contribution in [0.25, 0.3) is 0 Å². The second kappa shape index (κ2) is 7.68. The normalized spacial score (nSPS) is 15.8. The number of hydrogen-bond donors (Lipinski definition) is 2. The Labute approximate surface area is 141 Å². The number of aryl methyl sites for hydroxylation is 1. The van der Waals surface area contributed by atoms with Crippen LogP contribution < -0.4 is 5.32 Å². The summed E-state index contributed by atoms with van der Waals surface area (Å²) in [5, 5.41) is 13.2. The first-order chi connectivity index (χ1) is 11.7. The van der Waals surface area contributed by atoms with E-state index in [9.17, 15) is 9.50 Å². The number of aromatic nitrogens is 2. The van der Waals surface area contributed by atoms with E-state index in [2.05, 4.69) is 38.4 Å². The van der Waals surface area contributed by atoms with Crippen molar-refractivity contribution in [2.24, 2.45) is 0 Å². The van der Waals surface area contributed by atoms with Gasteiger partial charge in [-0.2, -0.15) is 0 Å². The number of aliphatic hydroxyl groups excluding tert-OH is 1. The van der Waals surface area contributed by atoms with Gasteiger partial charge in [-0.1, -0.05) is 31.2 Å². The van der Waals surface area contributed by atoms with Gasteiger partial charge in [0.15, 0.2) is 11.6 Å². The van der Waals surface area contributed by atoms with Crippen molar-refractivity contribution in [1.29, 1.82) is 0 Å². The Balaban J connectivity index is 1.53. The Morgan fingerprint density at radius 2 is 2.08 bits per heavy atom. The Morgan fingerprint density at radius 3 is 2.88 bits per heavy atom. The number of nitrogens with zero attached hydrogens (tertiary/aromatic N) is 3. The van der Waals surface area contributed by atoms with Crippen molar-refractivity contribution in [1.82, 2.24) is 14.9 Å². The molecule has 2 heterocycles. The highest BCUT2D eigenvalue weighted by Crippen LogP contribution is 2.18. The Bertz CT molecular complexity index is 694. The highest BCUT2D eigenvalue weighted by Gasteiger charge is 2.19. The predicted molar refractivity (Wildman–Crippen MR) is 91.3 cm³/mol. The van der Waals surface area contributed by atoms with Crippen LogP contribution in [0.4, 0.5) is 10.2 Å². The van der Waals surface area contributed by atoms with E-state index >= 15 is 0 Å². The fourth-order valence-corrected chi connectivity index (χ4v) is 3.06. The van der Waals surface area contributed by atoms with Crippen LogP contribution in [0.3, 0.4) is 0 Å². The van der Waals surface area contributed by atoms with Crippen molar-refractivity contribution < 1.29 is 9.50 Å². The van der Waals surface area contributed by atoms with Gasteiger partial charge in [0.05, 0.1) is 11.8 Å². The largest absolute Gasteiger partial charge is 0.390 e. The summed E-state index contributed by atoms with van der Waals surface area (Å²) in [6.07, 6.45) is 2.27. The summed E-state index contributed by atoms with van der Waals surface area (Å²) in [5.74, 6) is -0.274. The number of fused-ring (bicyclic) bond motifs is 1. The number of benzene rings is 1. The molecule has 2 N–H and O–H groups in total. The molecule has 0 fully saturated rings. The zero-order valence-corrected chi connectivity index (χ0v) is 13.9. The maximum Gasteiger partial charge on any atom is 0.186 e. The zero-order chi connectivity index (χ0) is 16.9. The van der Waals surface area contributed by atoms with E-state index < -0.39 is 11.9 Å². The number of hydrogen-bond acceptors (Lipinski definition) is 5. The van der Waals surface area contributed by atoms with E-state index in [1.165, 1.54) is 17.5 Å². The average molecular weight is 330 g/mol. The molecule has 0 saturated carbocycles. The summed E-state index contributed by atoms with van der Waals surface area (Å²) in [4.78, 5) is 10.0. The molecular weight excluding hydrogens is 307 g/mol.